The number of benzene rings is 1. The number of piperidine rings is 1. The average molecular weight is 349 g/mol. The first kappa shape index (κ1) is 21.5. The summed E-state index contributed by atoms with van der Waals surface area (Å²) < 4.78 is 5.74. The number of hydrogen-bond acceptors (Lipinski definition) is 3. The Morgan fingerprint density at radius 2 is 1.73 bits per heavy atom. The van der Waals surface area contributed by atoms with E-state index < -0.39 is 0 Å². The van der Waals surface area contributed by atoms with Crippen molar-refractivity contribution in [3.8, 4) is 5.75 Å². The zero-order valence-electron chi connectivity index (χ0n) is 13.7. The van der Waals surface area contributed by atoms with Crippen LogP contribution in [0, 0.1) is 5.92 Å². The van der Waals surface area contributed by atoms with E-state index in [0.717, 1.165) is 24.7 Å². The van der Waals surface area contributed by atoms with E-state index in [-0.39, 0.29) is 24.8 Å². The Balaban J connectivity index is 0.00000220. The molecule has 1 aromatic rings. The summed E-state index contributed by atoms with van der Waals surface area (Å²) in [7, 11) is 4.35. The van der Waals surface area contributed by atoms with Gasteiger partial charge >= 0.3 is 0 Å². The fourth-order valence-corrected chi connectivity index (χ4v) is 2.90. The van der Waals surface area contributed by atoms with Crippen LogP contribution in [0.25, 0.3) is 0 Å². The van der Waals surface area contributed by atoms with Crippen LogP contribution in [0.2, 0.25) is 0 Å². The minimum Gasteiger partial charge on any atom is -0.494 e. The molecule has 5 heteroatoms. The Hall–Kier alpha value is -0.480. The van der Waals surface area contributed by atoms with Crippen LogP contribution in [0.5, 0.6) is 5.75 Å². The molecular formula is C17H30Cl2N2O. The summed E-state index contributed by atoms with van der Waals surface area (Å²) >= 11 is 0. The average Bonchev–Trinajstić information content (AvgIpc) is 2.46. The van der Waals surface area contributed by atoms with Gasteiger partial charge in [-0.25, -0.2) is 0 Å². The summed E-state index contributed by atoms with van der Waals surface area (Å²) in [6, 6.07) is 10.1. The quantitative estimate of drug-likeness (QED) is 0.700. The molecule has 2 rings (SSSR count). The van der Waals surface area contributed by atoms with Gasteiger partial charge in [-0.2, -0.15) is 0 Å². The molecule has 0 atom stereocenters. The maximum atomic E-state index is 5.74. The molecule has 0 amide bonds. The van der Waals surface area contributed by atoms with Crippen molar-refractivity contribution in [3.63, 3.8) is 0 Å². The number of halogens is 2. The molecule has 0 unspecified atom stereocenters. The highest BCUT2D eigenvalue weighted by Gasteiger charge is 2.18. The smallest absolute Gasteiger partial charge is 0.119 e. The van der Waals surface area contributed by atoms with E-state index in [1.165, 1.54) is 39.0 Å². The lowest BCUT2D eigenvalue weighted by atomic mass is 9.96. The Kier molecular flexibility index (Phi) is 11.7. The molecule has 1 aromatic carbocycles. The normalized spacial score (nSPS) is 16.0. The minimum atomic E-state index is 0. The maximum absolute atomic E-state index is 5.74. The number of rotatable bonds is 7. The molecule has 1 aliphatic heterocycles. The molecule has 22 heavy (non-hydrogen) atoms. The molecule has 0 aromatic heterocycles. The lowest BCUT2D eigenvalue weighted by Gasteiger charge is -2.33. The van der Waals surface area contributed by atoms with E-state index in [1.807, 2.05) is 30.3 Å². The minimum absolute atomic E-state index is 0. The monoisotopic (exact) mass is 348 g/mol. The topological polar surface area (TPSA) is 15.7 Å². The van der Waals surface area contributed by atoms with Crippen LogP contribution in [0.15, 0.2) is 30.3 Å². The molecule has 128 valence electrons. The predicted octanol–water partition coefficient (Wildman–Crippen LogP) is 3.57. The van der Waals surface area contributed by atoms with E-state index in [1.54, 1.807) is 0 Å². The number of hydrogen-bond donors (Lipinski definition) is 0. The standard InChI is InChI=1S/C17H28N2O.2ClH/c1-18(2)15-16-9-12-19(13-10-16)11-6-14-20-17-7-4-3-5-8-17;;/h3-5,7-8,16H,6,9-15H2,1-2H3;2*1H. The van der Waals surface area contributed by atoms with Gasteiger partial charge in [-0.3, -0.25) is 0 Å². The molecule has 0 N–H and O–H groups in total. The second kappa shape index (κ2) is 12.0. The molecular weight excluding hydrogens is 319 g/mol. The van der Waals surface area contributed by atoms with Gasteiger partial charge in [0.2, 0.25) is 0 Å². The van der Waals surface area contributed by atoms with E-state index in [9.17, 15) is 0 Å². The summed E-state index contributed by atoms with van der Waals surface area (Å²) in [6.45, 7) is 5.74. The molecule has 3 nitrogen and oxygen atoms in total. The van der Waals surface area contributed by atoms with Crippen LogP contribution in [0.4, 0.5) is 0 Å². The zero-order chi connectivity index (χ0) is 14.2. The van der Waals surface area contributed by atoms with Crippen LogP contribution >= 0.6 is 24.8 Å². The summed E-state index contributed by atoms with van der Waals surface area (Å²) in [5, 5.41) is 0. The highest BCUT2D eigenvalue weighted by atomic mass is 35.5. The third-order valence-electron chi connectivity index (χ3n) is 3.96. The van der Waals surface area contributed by atoms with Gasteiger partial charge in [-0.15, -0.1) is 24.8 Å². The molecule has 1 aliphatic rings. The van der Waals surface area contributed by atoms with Gasteiger partial charge in [0.1, 0.15) is 5.75 Å². The number of ether oxygens (including phenoxy) is 1. The van der Waals surface area contributed by atoms with E-state index >= 15 is 0 Å². The first-order valence-electron chi connectivity index (χ1n) is 7.79. The Morgan fingerprint density at radius 3 is 2.32 bits per heavy atom. The second-order valence-electron chi connectivity index (χ2n) is 6.06. The van der Waals surface area contributed by atoms with Crippen LogP contribution in [-0.2, 0) is 0 Å². The van der Waals surface area contributed by atoms with Gasteiger partial charge in [0, 0.05) is 13.1 Å². The Bertz CT molecular complexity index is 368. The van der Waals surface area contributed by atoms with Gasteiger partial charge in [-0.05, 0) is 64.5 Å². The highest BCUT2D eigenvalue weighted by Crippen LogP contribution is 2.17. The lowest BCUT2D eigenvalue weighted by Crippen LogP contribution is -2.37. The molecule has 0 aliphatic carbocycles. The van der Waals surface area contributed by atoms with Crippen LogP contribution < -0.4 is 4.74 Å². The maximum Gasteiger partial charge on any atom is 0.119 e. The van der Waals surface area contributed by atoms with E-state index in [0.29, 0.717) is 0 Å². The summed E-state index contributed by atoms with van der Waals surface area (Å²) in [4.78, 5) is 4.90. The van der Waals surface area contributed by atoms with Crippen molar-refractivity contribution in [1.29, 1.82) is 0 Å². The van der Waals surface area contributed by atoms with Crippen molar-refractivity contribution in [3.05, 3.63) is 30.3 Å². The fourth-order valence-electron chi connectivity index (χ4n) is 2.90. The van der Waals surface area contributed by atoms with Crippen LogP contribution in [0.1, 0.15) is 19.3 Å². The molecule has 0 radical (unpaired) electrons. The fraction of sp³-hybridized carbons (Fsp3) is 0.647. The Labute approximate surface area is 147 Å². The molecule has 1 fully saturated rings. The van der Waals surface area contributed by atoms with Gasteiger partial charge in [0.15, 0.2) is 0 Å². The van der Waals surface area contributed by atoms with Crippen molar-refractivity contribution in [2.45, 2.75) is 19.3 Å². The SMILES string of the molecule is CN(C)CC1CCN(CCCOc2ccccc2)CC1.Cl.Cl. The second-order valence-corrected chi connectivity index (χ2v) is 6.06. The first-order valence-corrected chi connectivity index (χ1v) is 7.79. The van der Waals surface area contributed by atoms with Crippen LogP contribution in [0.3, 0.4) is 0 Å². The Morgan fingerprint density at radius 1 is 1.09 bits per heavy atom. The van der Waals surface area contributed by atoms with Crippen molar-refractivity contribution in [1.82, 2.24) is 9.80 Å². The van der Waals surface area contributed by atoms with Gasteiger partial charge in [0.05, 0.1) is 6.61 Å². The largest absolute Gasteiger partial charge is 0.494 e. The van der Waals surface area contributed by atoms with Crippen molar-refractivity contribution in [2.75, 3.05) is 46.9 Å². The third-order valence-corrected chi connectivity index (χ3v) is 3.96. The molecule has 0 bridgehead atoms. The van der Waals surface area contributed by atoms with E-state index in [2.05, 4.69) is 23.9 Å². The molecule has 0 spiro atoms. The highest BCUT2D eigenvalue weighted by molar-refractivity contribution is 5.85. The molecule has 1 heterocycles. The molecule has 1 saturated heterocycles. The van der Waals surface area contributed by atoms with Gasteiger partial charge < -0.3 is 14.5 Å². The number of likely N-dealkylation sites (tertiary alicyclic amines) is 1. The summed E-state index contributed by atoms with van der Waals surface area (Å²) in [6.07, 6.45) is 3.81. The summed E-state index contributed by atoms with van der Waals surface area (Å²) in [5.74, 6) is 1.87. The van der Waals surface area contributed by atoms with E-state index in [4.69, 9.17) is 4.74 Å². The van der Waals surface area contributed by atoms with Crippen molar-refractivity contribution >= 4 is 24.8 Å². The lowest BCUT2D eigenvalue weighted by molar-refractivity contribution is 0.153. The summed E-state index contributed by atoms with van der Waals surface area (Å²) in [5.41, 5.74) is 0. The predicted molar refractivity (Wildman–Crippen MR) is 98.8 cm³/mol. The van der Waals surface area contributed by atoms with Crippen LogP contribution in [-0.4, -0.2) is 56.7 Å². The van der Waals surface area contributed by atoms with Crippen molar-refractivity contribution < 1.29 is 4.74 Å². The number of nitrogens with zero attached hydrogens (tertiary/aromatic N) is 2. The first-order chi connectivity index (χ1) is 9.74. The molecule has 0 saturated carbocycles. The van der Waals surface area contributed by atoms with Gasteiger partial charge in [0.25, 0.3) is 0 Å². The van der Waals surface area contributed by atoms with Crippen molar-refractivity contribution in [2.24, 2.45) is 5.92 Å². The van der Waals surface area contributed by atoms with Gasteiger partial charge in [-0.1, -0.05) is 18.2 Å². The third kappa shape index (κ3) is 8.23. The zero-order valence-corrected chi connectivity index (χ0v) is 15.4. The number of para-hydroxylation sites is 1.